The molecular weight excluding hydrogens is 1100 g/mol. The maximum absolute atomic E-state index is 14.1. The number of carboxylic acids is 1. The first-order chi connectivity index (χ1) is 33.7. The summed E-state index contributed by atoms with van der Waals surface area (Å²) < 4.78 is 106. The van der Waals surface area contributed by atoms with Crippen LogP contribution in [0.3, 0.4) is 0 Å². The molecular formula is C56H65Cl2F6NO8S3. The summed E-state index contributed by atoms with van der Waals surface area (Å²) in [5, 5.41) is 9.92. The lowest BCUT2D eigenvalue weighted by Crippen LogP contribution is -2.43. The molecule has 3 aliphatic rings. The van der Waals surface area contributed by atoms with Crippen molar-refractivity contribution in [1.82, 2.24) is 4.90 Å². The molecule has 3 atom stereocenters. The van der Waals surface area contributed by atoms with E-state index in [9.17, 15) is 40.7 Å². The lowest BCUT2D eigenvalue weighted by Gasteiger charge is -2.26. The molecule has 76 heavy (non-hydrogen) atoms. The number of halogens is 8. The summed E-state index contributed by atoms with van der Waals surface area (Å²) in [6.07, 6.45) is -6.63. The first-order valence-corrected chi connectivity index (χ1v) is 24.2. The predicted molar refractivity (Wildman–Crippen MR) is 298 cm³/mol. The van der Waals surface area contributed by atoms with Crippen LogP contribution in [0, 0.1) is 11.8 Å². The second kappa shape index (κ2) is 26.2. The Hall–Kier alpha value is -4.88. The fourth-order valence-electron chi connectivity index (χ4n) is 9.36. The standard InChI is InChI=1S/C33H33ClF3NO4.C22H22ClF3O4.CH4.3H2S/c1-20(31(40)38-26(10-12-29(38)39)14-21-7-5-4-6-8-21)13-22-9-11-28(27(15-22)33(35,36)37)41-19-24-17-25(34)16-23-18-32(2,3)42-30(23)24;1-12(20(27)28)6-13-4-5-18(17(7-13)22(24,25)26)29-11-15-9-16(23)8-14-10-21(2,3)30-19(14)15;;;;/h4-9,11,15-17,20,26H,10,12-14,18-19H2,1-3H3;4-5,7-9,12H,6,10-11H2,1-3H3,(H,27,28);1H4;3*1H2/t20-,26-;12-;;;;/m00..../s1. The van der Waals surface area contributed by atoms with Gasteiger partial charge in [-0.1, -0.05) is 86.9 Å². The quantitative estimate of drug-likeness (QED) is 0.109. The topological polar surface area (TPSA) is 112 Å². The molecule has 0 saturated carbocycles. The van der Waals surface area contributed by atoms with Crippen LogP contribution in [-0.2, 0) is 72.1 Å². The van der Waals surface area contributed by atoms with Gasteiger partial charge in [-0.3, -0.25) is 19.3 Å². The number of carboxylic acid groups (broad SMARTS) is 1. The van der Waals surface area contributed by atoms with E-state index in [1.807, 2.05) is 58.0 Å². The molecule has 416 valence electrons. The van der Waals surface area contributed by atoms with Gasteiger partial charge in [-0.15, -0.1) is 0 Å². The average Bonchev–Trinajstić information content (AvgIpc) is 3.93. The zero-order valence-corrected chi connectivity index (χ0v) is 46.5. The Balaban J connectivity index is 0.000000399. The van der Waals surface area contributed by atoms with Gasteiger partial charge in [0.25, 0.3) is 0 Å². The molecule has 20 heteroatoms. The third-order valence-electron chi connectivity index (χ3n) is 12.7. The van der Waals surface area contributed by atoms with E-state index < -0.39 is 52.5 Å². The van der Waals surface area contributed by atoms with Crippen LogP contribution in [0.2, 0.25) is 10.0 Å². The Morgan fingerprint density at radius 2 is 1.12 bits per heavy atom. The van der Waals surface area contributed by atoms with Gasteiger partial charge in [0.1, 0.15) is 47.4 Å². The molecule has 9 nitrogen and oxygen atoms in total. The lowest BCUT2D eigenvalue weighted by molar-refractivity contribution is -0.146. The number of amides is 2. The fourth-order valence-corrected chi connectivity index (χ4v) is 9.89. The van der Waals surface area contributed by atoms with Gasteiger partial charge < -0.3 is 24.1 Å². The highest BCUT2D eigenvalue weighted by atomic mass is 35.5. The molecule has 3 heterocycles. The largest absolute Gasteiger partial charge is 0.488 e. The minimum Gasteiger partial charge on any atom is -0.488 e. The maximum Gasteiger partial charge on any atom is 0.419 e. The number of carbonyl (C=O) groups excluding carboxylic acids is 2. The van der Waals surface area contributed by atoms with Crippen LogP contribution < -0.4 is 18.9 Å². The van der Waals surface area contributed by atoms with Gasteiger partial charge >= 0.3 is 18.3 Å². The molecule has 0 radical (unpaired) electrons. The number of rotatable bonds is 14. The summed E-state index contributed by atoms with van der Waals surface area (Å²) in [6.45, 7) is 10.5. The van der Waals surface area contributed by atoms with Crippen LogP contribution in [-0.4, -0.2) is 45.0 Å². The van der Waals surface area contributed by atoms with Gasteiger partial charge in [0, 0.05) is 52.4 Å². The highest BCUT2D eigenvalue weighted by molar-refractivity contribution is 7.59. The van der Waals surface area contributed by atoms with Crippen molar-refractivity contribution in [3.05, 3.63) is 151 Å². The van der Waals surface area contributed by atoms with Gasteiger partial charge in [0.15, 0.2) is 0 Å². The molecule has 1 saturated heterocycles. The number of benzene rings is 5. The van der Waals surface area contributed by atoms with Crippen LogP contribution in [0.5, 0.6) is 23.0 Å². The molecule has 8 rings (SSSR count). The van der Waals surface area contributed by atoms with E-state index in [2.05, 4.69) is 0 Å². The molecule has 1 N–H and O–H groups in total. The van der Waals surface area contributed by atoms with Crippen molar-refractivity contribution in [2.24, 2.45) is 11.8 Å². The van der Waals surface area contributed by atoms with Crippen LogP contribution in [0.15, 0.2) is 91.0 Å². The second-order valence-corrected chi connectivity index (χ2v) is 20.8. The monoisotopic (exact) mass is 1160 g/mol. The first kappa shape index (κ1) is 65.4. The molecule has 0 unspecified atom stereocenters. The molecule has 1 fully saturated rings. The van der Waals surface area contributed by atoms with Gasteiger partial charge in [0.2, 0.25) is 11.8 Å². The fraction of sp³-hybridized carbons (Fsp3) is 0.411. The summed E-state index contributed by atoms with van der Waals surface area (Å²) in [5.74, 6) is -2.65. The Labute approximate surface area is 471 Å². The van der Waals surface area contributed by atoms with Gasteiger partial charge in [-0.25, -0.2) is 0 Å². The van der Waals surface area contributed by atoms with Crippen molar-refractivity contribution in [1.29, 1.82) is 0 Å². The van der Waals surface area contributed by atoms with Crippen molar-refractivity contribution in [3.8, 4) is 23.0 Å². The first-order valence-electron chi connectivity index (χ1n) is 23.5. The third-order valence-corrected chi connectivity index (χ3v) is 13.1. The van der Waals surface area contributed by atoms with Crippen LogP contribution in [0.4, 0.5) is 26.3 Å². The second-order valence-electron chi connectivity index (χ2n) is 20.0. The van der Waals surface area contributed by atoms with Crippen molar-refractivity contribution in [2.45, 2.75) is 137 Å². The van der Waals surface area contributed by atoms with Crippen LogP contribution in [0.1, 0.15) is 112 Å². The summed E-state index contributed by atoms with van der Waals surface area (Å²) in [5.41, 5.74) is 1.78. The summed E-state index contributed by atoms with van der Waals surface area (Å²) >= 11 is 12.4. The maximum atomic E-state index is 14.1. The molecule has 0 spiro atoms. The lowest BCUT2D eigenvalue weighted by atomic mass is 9.96. The summed E-state index contributed by atoms with van der Waals surface area (Å²) in [7, 11) is 0. The third kappa shape index (κ3) is 16.3. The van der Waals surface area contributed by atoms with E-state index in [4.69, 9.17) is 47.3 Å². The predicted octanol–water partition coefficient (Wildman–Crippen LogP) is 14.5. The molecule has 0 bridgehead atoms. The Morgan fingerprint density at radius 1 is 0.684 bits per heavy atom. The van der Waals surface area contributed by atoms with Crippen molar-refractivity contribution in [2.75, 3.05) is 0 Å². The Kier molecular flexibility index (Phi) is 22.5. The molecule has 0 aromatic heterocycles. The van der Waals surface area contributed by atoms with Gasteiger partial charge in [0.05, 0.1) is 17.0 Å². The molecule has 5 aromatic rings. The Bertz CT molecular complexity index is 2850. The number of hydrogen-bond donors (Lipinski definition) is 1. The zero-order valence-electron chi connectivity index (χ0n) is 42.0. The summed E-state index contributed by atoms with van der Waals surface area (Å²) in [6, 6.07) is 23.6. The Morgan fingerprint density at radius 3 is 1.54 bits per heavy atom. The summed E-state index contributed by atoms with van der Waals surface area (Å²) in [4.78, 5) is 38.3. The van der Waals surface area contributed by atoms with Crippen molar-refractivity contribution >= 4 is 81.5 Å². The van der Waals surface area contributed by atoms with Crippen LogP contribution >= 0.6 is 63.7 Å². The normalized spacial score (nSPS) is 16.5. The number of hydrogen-bond acceptors (Lipinski definition) is 7. The SMILES string of the molecule is C.C[C@@H](Cc1ccc(OCc2cc(Cl)cc3c2OC(C)(C)C3)c(C(F)(F)F)c1)C(=O)N1C(=O)CC[C@H]1Cc1ccccc1.C[C@@H](Cc1ccc(OCc2cc(Cl)cc3c2OC(C)(C)C3)c(C(F)(F)F)c1)C(=O)O.S.S.S. The van der Waals surface area contributed by atoms with E-state index in [-0.39, 0.29) is 115 Å². The van der Waals surface area contributed by atoms with E-state index in [1.54, 1.807) is 31.2 Å². The minimum absolute atomic E-state index is 0. The number of ether oxygens (including phenoxy) is 4. The van der Waals surface area contributed by atoms with Gasteiger partial charge in [-0.05, 0) is 130 Å². The highest BCUT2D eigenvalue weighted by Crippen LogP contribution is 2.44. The smallest absolute Gasteiger partial charge is 0.419 e. The van der Waals surface area contributed by atoms with E-state index >= 15 is 0 Å². The zero-order chi connectivity index (χ0) is 52.5. The number of nitrogens with zero attached hydrogens (tertiary/aromatic N) is 1. The molecule has 2 amide bonds. The van der Waals surface area contributed by atoms with E-state index in [0.717, 1.165) is 28.8 Å². The van der Waals surface area contributed by atoms with E-state index in [1.165, 1.54) is 36.1 Å². The number of fused-ring (bicyclic) bond motifs is 2. The molecule has 5 aromatic carbocycles. The molecule has 0 aliphatic carbocycles. The van der Waals surface area contributed by atoms with Crippen LogP contribution in [0.25, 0.3) is 0 Å². The number of aliphatic carboxylic acids is 1. The minimum atomic E-state index is -4.68. The molecule has 3 aliphatic heterocycles. The van der Waals surface area contributed by atoms with Crippen molar-refractivity contribution in [3.63, 3.8) is 0 Å². The highest BCUT2D eigenvalue weighted by Gasteiger charge is 2.40. The number of likely N-dealkylation sites (tertiary alicyclic amines) is 1. The van der Waals surface area contributed by atoms with E-state index in [0.29, 0.717) is 63.9 Å². The number of carbonyl (C=O) groups is 3. The van der Waals surface area contributed by atoms with Crippen molar-refractivity contribution < 1.29 is 64.8 Å². The average molecular weight is 1160 g/mol. The number of imide groups is 1. The number of alkyl halides is 6. The van der Waals surface area contributed by atoms with Gasteiger partial charge in [-0.2, -0.15) is 66.8 Å².